The fourth-order valence-corrected chi connectivity index (χ4v) is 1.31. The van der Waals surface area contributed by atoms with Crippen LogP contribution in [0.4, 0.5) is 0 Å². The molecule has 1 unspecified atom stereocenters. The summed E-state index contributed by atoms with van der Waals surface area (Å²) in [5.41, 5.74) is 4.26. The van der Waals surface area contributed by atoms with E-state index in [1.54, 1.807) is 11.6 Å². The SMILES string of the molecule is CCC(N)(O)c1nccs1. The lowest BCUT2D eigenvalue weighted by molar-refractivity contribution is 0.0392. The summed E-state index contributed by atoms with van der Waals surface area (Å²) in [6.07, 6.45) is 2.12. The Morgan fingerprint density at radius 3 is 3.00 bits per heavy atom. The van der Waals surface area contributed by atoms with Crippen LogP contribution in [-0.4, -0.2) is 10.1 Å². The summed E-state index contributed by atoms with van der Waals surface area (Å²) in [7, 11) is 0. The van der Waals surface area contributed by atoms with Gasteiger partial charge in [-0.3, -0.25) is 5.73 Å². The molecule has 1 aromatic rings. The number of hydrogen-bond acceptors (Lipinski definition) is 4. The summed E-state index contributed by atoms with van der Waals surface area (Å²) in [6, 6.07) is 0. The molecular weight excluding hydrogens is 148 g/mol. The highest BCUT2D eigenvalue weighted by molar-refractivity contribution is 7.09. The zero-order valence-electron chi connectivity index (χ0n) is 5.74. The minimum absolute atomic E-state index is 0.487. The lowest BCUT2D eigenvalue weighted by Crippen LogP contribution is -2.35. The van der Waals surface area contributed by atoms with E-state index in [0.29, 0.717) is 11.4 Å². The van der Waals surface area contributed by atoms with Crippen LogP contribution < -0.4 is 5.73 Å². The van der Waals surface area contributed by atoms with Crippen LogP contribution in [0.3, 0.4) is 0 Å². The minimum Gasteiger partial charge on any atom is -0.369 e. The van der Waals surface area contributed by atoms with E-state index in [-0.39, 0.29) is 0 Å². The van der Waals surface area contributed by atoms with Crippen LogP contribution in [-0.2, 0) is 5.72 Å². The predicted octanol–water partition coefficient (Wildman–Crippen LogP) is 0.657. The summed E-state index contributed by atoms with van der Waals surface area (Å²) in [5, 5.41) is 11.8. The standard InChI is InChI=1S/C6H10N2OS/c1-2-6(7,9)5-8-3-4-10-5/h3-4,9H,2,7H2,1H3. The van der Waals surface area contributed by atoms with Crippen LogP contribution in [0.15, 0.2) is 11.6 Å². The van der Waals surface area contributed by atoms with Gasteiger partial charge in [-0.05, 0) is 6.42 Å². The summed E-state index contributed by atoms with van der Waals surface area (Å²) in [5.74, 6) is 0. The molecule has 0 aliphatic carbocycles. The topological polar surface area (TPSA) is 59.1 Å². The molecular formula is C6H10N2OS. The molecule has 0 saturated carbocycles. The van der Waals surface area contributed by atoms with Crippen molar-refractivity contribution in [1.82, 2.24) is 4.98 Å². The molecule has 1 aromatic heterocycles. The van der Waals surface area contributed by atoms with Crippen molar-refractivity contribution in [2.75, 3.05) is 0 Å². The normalized spacial score (nSPS) is 16.7. The molecule has 56 valence electrons. The Hall–Kier alpha value is -0.450. The molecule has 0 aliphatic heterocycles. The molecule has 0 fully saturated rings. The van der Waals surface area contributed by atoms with Gasteiger partial charge < -0.3 is 5.11 Å². The first-order valence-corrected chi connectivity index (χ1v) is 3.96. The molecule has 1 heterocycles. The fraction of sp³-hybridized carbons (Fsp3) is 0.500. The summed E-state index contributed by atoms with van der Waals surface area (Å²) in [4.78, 5) is 3.90. The van der Waals surface area contributed by atoms with Gasteiger partial charge in [0, 0.05) is 11.6 Å². The van der Waals surface area contributed by atoms with Gasteiger partial charge in [0.1, 0.15) is 5.01 Å². The third-order valence-corrected chi connectivity index (χ3v) is 2.28. The molecule has 4 heteroatoms. The predicted molar refractivity (Wildman–Crippen MR) is 40.5 cm³/mol. The fourth-order valence-electron chi connectivity index (χ4n) is 0.588. The Bertz CT molecular complexity index is 196. The molecule has 3 nitrogen and oxygen atoms in total. The second-order valence-electron chi connectivity index (χ2n) is 2.12. The Kier molecular flexibility index (Phi) is 2.03. The number of aromatic nitrogens is 1. The molecule has 1 atom stereocenters. The van der Waals surface area contributed by atoms with Gasteiger partial charge in [0.05, 0.1) is 0 Å². The first-order valence-electron chi connectivity index (χ1n) is 3.08. The number of thiazole rings is 1. The van der Waals surface area contributed by atoms with Gasteiger partial charge in [-0.1, -0.05) is 6.92 Å². The van der Waals surface area contributed by atoms with Gasteiger partial charge in [0.2, 0.25) is 0 Å². The Morgan fingerprint density at radius 1 is 1.90 bits per heavy atom. The van der Waals surface area contributed by atoms with E-state index in [4.69, 9.17) is 5.73 Å². The lowest BCUT2D eigenvalue weighted by Gasteiger charge is -2.16. The van der Waals surface area contributed by atoms with Crippen LogP contribution in [0.5, 0.6) is 0 Å². The Morgan fingerprint density at radius 2 is 2.60 bits per heavy atom. The maximum Gasteiger partial charge on any atom is 0.166 e. The minimum atomic E-state index is -1.23. The highest BCUT2D eigenvalue weighted by atomic mass is 32.1. The summed E-state index contributed by atoms with van der Waals surface area (Å²) < 4.78 is 0. The summed E-state index contributed by atoms with van der Waals surface area (Å²) in [6.45, 7) is 1.82. The van der Waals surface area contributed by atoms with Gasteiger partial charge in [-0.15, -0.1) is 11.3 Å². The highest BCUT2D eigenvalue weighted by Crippen LogP contribution is 2.19. The molecule has 0 saturated heterocycles. The lowest BCUT2D eigenvalue weighted by atomic mass is 10.2. The molecule has 0 amide bonds. The molecule has 0 bridgehead atoms. The van der Waals surface area contributed by atoms with Gasteiger partial charge >= 0.3 is 0 Å². The number of rotatable bonds is 2. The van der Waals surface area contributed by atoms with E-state index < -0.39 is 5.72 Å². The van der Waals surface area contributed by atoms with E-state index in [0.717, 1.165) is 0 Å². The van der Waals surface area contributed by atoms with E-state index >= 15 is 0 Å². The number of hydrogen-bond donors (Lipinski definition) is 2. The van der Waals surface area contributed by atoms with Crippen LogP contribution in [0.1, 0.15) is 18.4 Å². The smallest absolute Gasteiger partial charge is 0.166 e. The quantitative estimate of drug-likeness (QED) is 0.621. The molecule has 1 rings (SSSR count). The van der Waals surface area contributed by atoms with E-state index in [1.165, 1.54) is 11.3 Å². The first kappa shape index (κ1) is 7.65. The second-order valence-corrected chi connectivity index (χ2v) is 3.01. The van der Waals surface area contributed by atoms with Crippen molar-refractivity contribution in [3.63, 3.8) is 0 Å². The van der Waals surface area contributed by atoms with Crippen molar-refractivity contribution in [1.29, 1.82) is 0 Å². The molecule has 0 aliphatic rings. The first-order chi connectivity index (χ1) is 4.67. The van der Waals surface area contributed by atoms with E-state index in [1.807, 2.05) is 6.92 Å². The van der Waals surface area contributed by atoms with Gasteiger partial charge in [-0.2, -0.15) is 0 Å². The van der Waals surface area contributed by atoms with Gasteiger partial charge in [0.15, 0.2) is 5.72 Å². The van der Waals surface area contributed by atoms with Crippen LogP contribution >= 0.6 is 11.3 Å². The monoisotopic (exact) mass is 158 g/mol. The van der Waals surface area contributed by atoms with Crippen molar-refractivity contribution < 1.29 is 5.11 Å². The number of nitrogens with zero attached hydrogens (tertiary/aromatic N) is 1. The van der Waals surface area contributed by atoms with E-state index in [2.05, 4.69) is 4.98 Å². The van der Waals surface area contributed by atoms with Crippen molar-refractivity contribution in [2.45, 2.75) is 19.1 Å². The van der Waals surface area contributed by atoms with Crippen LogP contribution in [0.25, 0.3) is 0 Å². The Labute approximate surface area is 63.5 Å². The van der Waals surface area contributed by atoms with Gasteiger partial charge in [0.25, 0.3) is 0 Å². The number of aliphatic hydroxyl groups is 1. The average molecular weight is 158 g/mol. The third-order valence-electron chi connectivity index (χ3n) is 1.34. The number of nitrogens with two attached hydrogens (primary N) is 1. The molecule has 10 heavy (non-hydrogen) atoms. The zero-order chi connectivity index (χ0) is 7.61. The highest BCUT2D eigenvalue weighted by Gasteiger charge is 2.23. The van der Waals surface area contributed by atoms with E-state index in [9.17, 15) is 5.11 Å². The van der Waals surface area contributed by atoms with Crippen molar-refractivity contribution in [3.05, 3.63) is 16.6 Å². The zero-order valence-corrected chi connectivity index (χ0v) is 6.56. The largest absolute Gasteiger partial charge is 0.369 e. The molecule has 0 aromatic carbocycles. The molecule has 0 spiro atoms. The van der Waals surface area contributed by atoms with Crippen LogP contribution in [0, 0.1) is 0 Å². The van der Waals surface area contributed by atoms with Crippen molar-refractivity contribution in [3.8, 4) is 0 Å². The third kappa shape index (κ3) is 1.34. The second kappa shape index (κ2) is 2.65. The molecule has 3 N–H and O–H groups in total. The van der Waals surface area contributed by atoms with Crippen molar-refractivity contribution >= 4 is 11.3 Å². The maximum atomic E-state index is 9.41. The van der Waals surface area contributed by atoms with Gasteiger partial charge in [-0.25, -0.2) is 4.98 Å². The van der Waals surface area contributed by atoms with Crippen molar-refractivity contribution in [2.24, 2.45) is 5.73 Å². The Balaban J connectivity index is 2.85. The maximum absolute atomic E-state index is 9.41. The molecule has 0 radical (unpaired) electrons. The summed E-state index contributed by atoms with van der Waals surface area (Å²) >= 11 is 1.37. The average Bonchev–Trinajstić information content (AvgIpc) is 2.38. The van der Waals surface area contributed by atoms with Crippen LogP contribution in [0.2, 0.25) is 0 Å².